The topological polar surface area (TPSA) is 86.5 Å². The molecule has 6 nitrogen and oxygen atoms in total. The Morgan fingerprint density at radius 2 is 1.80 bits per heavy atom. The second-order valence-electron chi connectivity index (χ2n) is 7.04. The average Bonchev–Trinajstić information content (AvgIpc) is 2.78. The van der Waals surface area contributed by atoms with Gasteiger partial charge in [-0.05, 0) is 47.7 Å². The molecule has 3 aromatic rings. The van der Waals surface area contributed by atoms with Crippen molar-refractivity contribution in [3.63, 3.8) is 0 Å². The number of aromatic nitrogens is 1. The number of benzene rings is 2. The van der Waals surface area contributed by atoms with Crippen LogP contribution in [0.3, 0.4) is 0 Å². The van der Waals surface area contributed by atoms with E-state index in [1.165, 1.54) is 0 Å². The molecule has 1 amide bonds. The van der Waals surface area contributed by atoms with Crippen LogP contribution < -0.4 is 15.8 Å². The zero-order valence-electron chi connectivity index (χ0n) is 17.1. The number of hydrogen-bond acceptors (Lipinski definition) is 5. The molecule has 30 heavy (non-hydrogen) atoms. The van der Waals surface area contributed by atoms with Crippen molar-refractivity contribution in [3.8, 4) is 5.75 Å². The summed E-state index contributed by atoms with van der Waals surface area (Å²) in [4.78, 5) is 16.1. The molecule has 1 atom stereocenters. The van der Waals surface area contributed by atoms with Gasteiger partial charge in [-0.2, -0.15) is 0 Å². The van der Waals surface area contributed by atoms with Crippen molar-refractivity contribution in [1.82, 2.24) is 4.98 Å². The summed E-state index contributed by atoms with van der Waals surface area (Å²) in [6.07, 6.45) is 4.62. The Morgan fingerprint density at radius 1 is 1.03 bits per heavy atom. The number of anilines is 1. The Balaban J connectivity index is 1.42. The van der Waals surface area contributed by atoms with Crippen LogP contribution in [0.4, 0.5) is 10.5 Å². The number of aryl methyl sites for hydroxylation is 1. The lowest BCUT2D eigenvalue weighted by Gasteiger charge is -2.14. The predicted octanol–water partition coefficient (Wildman–Crippen LogP) is 4.34. The number of ether oxygens (including phenoxy) is 2. The summed E-state index contributed by atoms with van der Waals surface area (Å²) in [6.45, 7) is 2.71. The van der Waals surface area contributed by atoms with Crippen LogP contribution in [0.2, 0.25) is 0 Å². The second-order valence-corrected chi connectivity index (χ2v) is 7.04. The molecular weight excluding hydrogens is 378 g/mol. The van der Waals surface area contributed by atoms with Crippen LogP contribution in [0.15, 0.2) is 73.1 Å². The highest BCUT2D eigenvalue weighted by Gasteiger charge is 2.08. The van der Waals surface area contributed by atoms with Gasteiger partial charge in [0.25, 0.3) is 0 Å². The lowest BCUT2D eigenvalue weighted by molar-refractivity contribution is 0.155. The molecule has 0 spiro atoms. The van der Waals surface area contributed by atoms with Gasteiger partial charge < -0.3 is 15.2 Å². The van der Waals surface area contributed by atoms with E-state index in [4.69, 9.17) is 15.2 Å². The number of hydrogen-bond donors (Lipinski definition) is 2. The Labute approximate surface area is 177 Å². The van der Waals surface area contributed by atoms with E-state index in [1.807, 2.05) is 66.9 Å². The maximum Gasteiger partial charge on any atom is 0.411 e. The first-order chi connectivity index (χ1) is 14.6. The van der Waals surface area contributed by atoms with Gasteiger partial charge >= 0.3 is 6.09 Å². The molecule has 6 heteroatoms. The van der Waals surface area contributed by atoms with Crippen LogP contribution in [0.5, 0.6) is 5.75 Å². The van der Waals surface area contributed by atoms with Gasteiger partial charge in [0.15, 0.2) is 0 Å². The Kier molecular flexibility index (Phi) is 7.80. The molecule has 2 aromatic carbocycles. The van der Waals surface area contributed by atoms with E-state index in [0.717, 1.165) is 28.9 Å². The lowest BCUT2D eigenvalue weighted by Crippen LogP contribution is -2.30. The predicted molar refractivity (Wildman–Crippen MR) is 117 cm³/mol. The van der Waals surface area contributed by atoms with E-state index in [-0.39, 0.29) is 12.6 Å². The molecule has 0 bridgehead atoms. The van der Waals surface area contributed by atoms with Gasteiger partial charge in [-0.25, -0.2) is 4.79 Å². The summed E-state index contributed by atoms with van der Waals surface area (Å²) in [7, 11) is 0. The van der Waals surface area contributed by atoms with Crippen molar-refractivity contribution in [2.75, 3.05) is 11.9 Å². The summed E-state index contributed by atoms with van der Waals surface area (Å²) >= 11 is 0. The third kappa shape index (κ3) is 6.90. The number of nitrogens with one attached hydrogen (secondary N) is 1. The fourth-order valence-electron chi connectivity index (χ4n) is 2.90. The molecule has 0 saturated heterocycles. The van der Waals surface area contributed by atoms with Gasteiger partial charge in [-0.15, -0.1) is 0 Å². The average molecular weight is 405 g/mol. The van der Waals surface area contributed by atoms with Crippen LogP contribution in [-0.2, 0) is 24.2 Å². The lowest BCUT2D eigenvalue weighted by atomic mass is 10.1. The molecule has 3 rings (SSSR count). The summed E-state index contributed by atoms with van der Waals surface area (Å²) in [6, 6.07) is 18.9. The summed E-state index contributed by atoms with van der Waals surface area (Å²) < 4.78 is 11.0. The number of rotatable bonds is 9. The van der Waals surface area contributed by atoms with Crippen molar-refractivity contribution in [2.24, 2.45) is 5.73 Å². The first-order valence-electron chi connectivity index (χ1n) is 10.0. The molecule has 0 unspecified atom stereocenters. The highest BCUT2D eigenvalue weighted by Crippen LogP contribution is 2.14. The molecule has 0 saturated carbocycles. The zero-order valence-corrected chi connectivity index (χ0v) is 17.1. The smallest absolute Gasteiger partial charge is 0.411 e. The Bertz CT molecular complexity index is 930. The van der Waals surface area contributed by atoms with Crippen molar-refractivity contribution < 1.29 is 14.3 Å². The fourth-order valence-corrected chi connectivity index (χ4v) is 2.90. The zero-order chi connectivity index (χ0) is 21.2. The van der Waals surface area contributed by atoms with Crippen molar-refractivity contribution in [1.29, 1.82) is 0 Å². The molecule has 0 aliphatic rings. The monoisotopic (exact) mass is 405 g/mol. The molecule has 0 aliphatic heterocycles. The molecule has 1 aromatic heterocycles. The number of amides is 1. The molecule has 1 heterocycles. The van der Waals surface area contributed by atoms with Crippen LogP contribution in [-0.4, -0.2) is 23.7 Å². The molecular formula is C24H27N3O3. The molecule has 156 valence electrons. The van der Waals surface area contributed by atoms with Gasteiger partial charge in [0.05, 0.1) is 6.20 Å². The largest absolute Gasteiger partial charge is 0.490 e. The van der Waals surface area contributed by atoms with Crippen molar-refractivity contribution in [3.05, 3.63) is 89.7 Å². The minimum atomic E-state index is -0.486. The summed E-state index contributed by atoms with van der Waals surface area (Å²) in [5.74, 6) is 0.735. The van der Waals surface area contributed by atoms with E-state index in [1.54, 1.807) is 6.20 Å². The van der Waals surface area contributed by atoms with Gasteiger partial charge in [-0.3, -0.25) is 10.3 Å². The second kappa shape index (κ2) is 11.0. The van der Waals surface area contributed by atoms with E-state index in [9.17, 15) is 4.79 Å². The van der Waals surface area contributed by atoms with Crippen LogP contribution in [0, 0.1) is 0 Å². The molecule has 0 aliphatic carbocycles. The van der Waals surface area contributed by atoms with Crippen molar-refractivity contribution >= 4 is 11.8 Å². The maximum absolute atomic E-state index is 11.9. The van der Waals surface area contributed by atoms with E-state index in [0.29, 0.717) is 18.7 Å². The van der Waals surface area contributed by atoms with E-state index in [2.05, 4.69) is 17.2 Å². The number of carbonyl (C=O) groups is 1. The standard InChI is InChI=1S/C24H27N3O3/c1-2-18-13-23(15-26-14-18)29-17-21(25)12-19-8-10-22(11-9-19)27-24(28)30-16-20-6-4-3-5-7-20/h3-11,13-15,21H,2,12,16-17,25H2,1H3,(H,27,28)/t21-/m0/s1. The maximum atomic E-state index is 11.9. The Morgan fingerprint density at radius 3 is 2.53 bits per heavy atom. The van der Waals surface area contributed by atoms with Crippen molar-refractivity contribution in [2.45, 2.75) is 32.4 Å². The highest BCUT2D eigenvalue weighted by molar-refractivity contribution is 5.84. The number of nitrogens with two attached hydrogens (primary N) is 1. The van der Waals surface area contributed by atoms with E-state index < -0.39 is 6.09 Å². The van der Waals surface area contributed by atoms with Crippen LogP contribution in [0.25, 0.3) is 0 Å². The third-order valence-electron chi connectivity index (χ3n) is 4.55. The van der Waals surface area contributed by atoms with Crippen LogP contribution >= 0.6 is 0 Å². The number of nitrogens with zero attached hydrogens (tertiary/aromatic N) is 1. The normalized spacial score (nSPS) is 11.5. The Hall–Kier alpha value is -3.38. The van der Waals surface area contributed by atoms with Gasteiger partial charge in [0, 0.05) is 17.9 Å². The quantitative estimate of drug-likeness (QED) is 0.553. The SMILES string of the molecule is CCc1cncc(OC[C@@H](N)Cc2ccc(NC(=O)OCc3ccccc3)cc2)c1. The first-order valence-corrected chi connectivity index (χ1v) is 10.0. The van der Waals surface area contributed by atoms with Gasteiger partial charge in [0.1, 0.15) is 19.0 Å². The summed E-state index contributed by atoms with van der Waals surface area (Å²) in [5.41, 5.74) is 10.0. The first kappa shape index (κ1) is 21.3. The number of carbonyl (C=O) groups excluding carboxylic acids is 1. The molecule has 0 fully saturated rings. The summed E-state index contributed by atoms with van der Waals surface area (Å²) in [5, 5.41) is 2.73. The minimum Gasteiger partial charge on any atom is -0.490 e. The molecule has 0 radical (unpaired) electrons. The minimum absolute atomic E-state index is 0.148. The van der Waals surface area contributed by atoms with Gasteiger partial charge in [-0.1, -0.05) is 49.4 Å². The highest BCUT2D eigenvalue weighted by atomic mass is 16.5. The van der Waals surface area contributed by atoms with Gasteiger partial charge in [0.2, 0.25) is 0 Å². The number of pyridine rings is 1. The fraction of sp³-hybridized carbons (Fsp3) is 0.250. The molecule has 3 N–H and O–H groups in total. The third-order valence-corrected chi connectivity index (χ3v) is 4.55. The van der Waals surface area contributed by atoms with E-state index >= 15 is 0 Å². The van der Waals surface area contributed by atoms with Crippen LogP contribution in [0.1, 0.15) is 23.6 Å².